The third-order valence-corrected chi connectivity index (χ3v) is 4.69. The molecule has 0 radical (unpaired) electrons. The number of aromatic nitrogens is 3. The monoisotopic (exact) mass is 347 g/mol. The van der Waals surface area contributed by atoms with Crippen LogP contribution in [0.1, 0.15) is 35.7 Å². The second-order valence-corrected chi connectivity index (χ2v) is 6.54. The summed E-state index contributed by atoms with van der Waals surface area (Å²) in [7, 11) is 0. The lowest BCUT2D eigenvalue weighted by Gasteiger charge is -2.26. The number of halogens is 1. The van der Waals surface area contributed by atoms with Gasteiger partial charge in [-0.3, -0.25) is 4.79 Å². The Morgan fingerprint density at radius 1 is 1.38 bits per heavy atom. The minimum absolute atomic E-state index is 0.252. The Hall–Kier alpha value is -2.12. The van der Waals surface area contributed by atoms with Gasteiger partial charge in [0.05, 0.1) is 28.9 Å². The zero-order valence-corrected chi connectivity index (χ0v) is 13.8. The van der Waals surface area contributed by atoms with Crippen molar-refractivity contribution in [2.45, 2.75) is 31.4 Å². The Labute approximate surface area is 144 Å². The fraction of sp³-hybridized carbons (Fsp3) is 0.438. The van der Waals surface area contributed by atoms with Crippen molar-refractivity contribution in [3.63, 3.8) is 0 Å². The van der Waals surface area contributed by atoms with Crippen LogP contribution in [0.4, 0.5) is 5.82 Å². The molecule has 126 valence electrons. The number of ether oxygens (including phenoxy) is 1. The van der Waals surface area contributed by atoms with E-state index in [1.807, 2.05) is 0 Å². The van der Waals surface area contributed by atoms with Crippen LogP contribution in [0.2, 0.25) is 5.02 Å². The Kier molecular flexibility index (Phi) is 4.12. The van der Waals surface area contributed by atoms with Crippen molar-refractivity contribution in [2.75, 3.05) is 18.4 Å². The van der Waals surface area contributed by atoms with Crippen LogP contribution in [-0.4, -0.2) is 40.1 Å². The maximum atomic E-state index is 12.4. The standard InChI is InChI=1S/C16H18ClN5O2/c17-14-6-12(24-11-2-1-3-11)4-5-13(14)16(23)20-15-9-19-22(21-15)10-7-18-8-10/h4-6,9-11,18H,1-3,7-8H2,(H,20,21,23). The van der Waals surface area contributed by atoms with E-state index in [1.54, 1.807) is 23.0 Å². The number of amides is 1. The van der Waals surface area contributed by atoms with Crippen molar-refractivity contribution in [1.29, 1.82) is 0 Å². The van der Waals surface area contributed by atoms with Crippen LogP contribution in [0.15, 0.2) is 24.4 Å². The van der Waals surface area contributed by atoms with Gasteiger partial charge in [-0.2, -0.15) is 9.90 Å². The number of carbonyl (C=O) groups excluding carboxylic acids is 1. The Balaban J connectivity index is 1.42. The van der Waals surface area contributed by atoms with Crippen LogP contribution in [-0.2, 0) is 0 Å². The molecule has 0 bridgehead atoms. The lowest BCUT2D eigenvalue weighted by Crippen LogP contribution is -2.44. The smallest absolute Gasteiger partial charge is 0.258 e. The van der Waals surface area contributed by atoms with Gasteiger partial charge in [-0.15, -0.1) is 5.10 Å². The molecule has 24 heavy (non-hydrogen) atoms. The molecule has 2 heterocycles. The van der Waals surface area contributed by atoms with Crippen molar-refractivity contribution in [1.82, 2.24) is 20.3 Å². The van der Waals surface area contributed by atoms with Crippen molar-refractivity contribution in [2.24, 2.45) is 0 Å². The summed E-state index contributed by atoms with van der Waals surface area (Å²) in [6, 6.07) is 5.38. The van der Waals surface area contributed by atoms with Gasteiger partial charge < -0.3 is 15.4 Å². The Bertz CT molecular complexity index is 755. The number of nitrogens with one attached hydrogen (secondary N) is 2. The van der Waals surface area contributed by atoms with E-state index in [0.29, 0.717) is 22.2 Å². The van der Waals surface area contributed by atoms with Gasteiger partial charge in [-0.05, 0) is 37.5 Å². The van der Waals surface area contributed by atoms with E-state index in [9.17, 15) is 4.79 Å². The predicted octanol–water partition coefficient (Wildman–Crippen LogP) is 2.26. The molecule has 8 heteroatoms. The highest BCUT2D eigenvalue weighted by Gasteiger charge is 2.22. The van der Waals surface area contributed by atoms with E-state index in [-0.39, 0.29) is 18.1 Å². The molecule has 1 saturated carbocycles. The maximum absolute atomic E-state index is 12.4. The summed E-state index contributed by atoms with van der Waals surface area (Å²) >= 11 is 6.23. The quantitative estimate of drug-likeness (QED) is 0.867. The van der Waals surface area contributed by atoms with E-state index in [1.165, 1.54) is 12.6 Å². The summed E-state index contributed by atoms with van der Waals surface area (Å²) in [4.78, 5) is 14.0. The maximum Gasteiger partial charge on any atom is 0.258 e. The largest absolute Gasteiger partial charge is 0.490 e. The summed E-state index contributed by atoms with van der Waals surface area (Å²) in [5, 5.41) is 14.7. The molecule has 1 aliphatic heterocycles. The van der Waals surface area contributed by atoms with E-state index in [4.69, 9.17) is 16.3 Å². The van der Waals surface area contributed by atoms with Gasteiger partial charge in [-0.25, -0.2) is 0 Å². The molecule has 2 fully saturated rings. The number of rotatable bonds is 5. The summed E-state index contributed by atoms with van der Waals surface area (Å²) in [5.41, 5.74) is 0.387. The van der Waals surface area contributed by atoms with E-state index >= 15 is 0 Å². The number of hydrogen-bond acceptors (Lipinski definition) is 5. The van der Waals surface area contributed by atoms with Crippen molar-refractivity contribution in [3.05, 3.63) is 35.0 Å². The second kappa shape index (κ2) is 6.41. The average Bonchev–Trinajstić information content (AvgIpc) is 2.89. The molecule has 1 amide bonds. The topological polar surface area (TPSA) is 81.1 Å². The zero-order valence-electron chi connectivity index (χ0n) is 13.0. The molecule has 1 saturated heterocycles. The molecular weight excluding hydrogens is 330 g/mol. The molecule has 2 aromatic rings. The van der Waals surface area contributed by atoms with Crippen LogP contribution >= 0.6 is 11.6 Å². The number of nitrogens with zero attached hydrogens (tertiary/aromatic N) is 3. The van der Waals surface area contributed by atoms with Crippen molar-refractivity contribution >= 4 is 23.3 Å². The molecule has 7 nitrogen and oxygen atoms in total. The molecular formula is C16H18ClN5O2. The van der Waals surface area contributed by atoms with Crippen molar-refractivity contribution in [3.8, 4) is 5.75 Å². The first-order valence-corrected chi connectivity index (χ1v) is 8.47. The van der Waals surface area contributed by atoms with Gasteiger partial charge in [0.15, 0.2) is 5.82 Å². The number of carbonyl (C=O) groups is 1. The SMILES string of the molecule is O=C(Nc1cnn(C2CNC2)n1)c1ccc(OC2CCC2)cc1Cl. The average molecular weight is 348 g/mol. The fourth-order valence-electron chi connectivity index (χ4n) is 2.56. The third-order valence-electron chi connectivity index (χ3n) is 4.38. The first-order chi connectivity index (χ1) is 11.7. The lowest BCUT2D eigenvalue weighted by molar-refractivity contribution is 0.102. The zero-order chi connectivity index (χ0) is 16.5. The molecule has 1 aliphatic carbocycles. The highest BCUT2D eigenvalue weighted by molar-refractivity contribution is 6.34. The number of anilines is 1. The van der Waals surface area contributed by atoms with Crippen molar-refractivity contribution < 1.29 is 9.53 Å². The van der Waals surface area contributed by atoms with Crippen LogP contribution in [0.3, 0.4) is 0 Å². The molecule has 2 aliphatic rings. The van der Waals surface area contributed by atoms with Gasteiger partial charge in [-0.1, -0.05) is 11.6 Å². The van der Waals surface area contributed by atoms with Crippen LogP contribution in [0.25, 0.3) is 0 Å². The van der Waals surface area contributed by atoms with Gasteiger partial charge in [0.25, 0.3) is 5.91 Å². The van der Waals surface area contributed by atoms with Gasteiger partial charge in [0.1, 0.15) is 5.75 Å². The first kappa shape index (κ1) is 15.4. The van der Waals surface area contributed by atoms with E-state index in [2.05, 4.69) is 20.8 Å². The number of benzene rings is 1. The number of hydrogen-bond donors (Lipinski definition) is 2. The van der Waals surface area contributed by atoms with Crippen LogP contribution in [0.5, 0.6) is 5.75 Å². The minimum atomic E-state index is -0.311. The molecule has 1 aromatic heterocycles. The van der Waals surface area contributed by atoms with Crippen LogP contribution < -0.4 is 15.4 Å². The Morgan fingerprint density at radius 2 is 2.21 bits per heavy atom. The van der Waals surface area contributed by atoms with Gasteiger partial charge in [0.2, 0.25) is 0 Å². The summed E-state index contributed by atoms with van der Waals surface area (Å²) in [6.07, 6.45) is 5.17. The first-order valence-electron chi connectivity index (χ1n) is 8.09. The molecule has 4 rings (SSSR count). The molecule has 0 atom stereocenters. The summed E-state index contributed by atoms with van der Waals surface area (Å²) in [5.74, 6) is 0.802. The molecule has 0 spiro atoms. The van der Waals surface area contributed by atoms with E-state index < -0.39 is 0 Å². The lowest BCUT2D eigenvalue weighted by atomic mass is 9.96. The predicted molar refractivity (Wildman–Crippen MR) is 89.6 cm³/mol. The minimum Gasteiger partial charge on any atom is -0.490 e. The Morgan fingerprint density at radius 3 is 2.83 bits per heavy atom. The highest BCUT2D eigenvalue weighted by Crippen LogP contribution is 2.28. The summed E-state index contributed by atoms with van der Waals surface area (Å²) < 4.78 is 5.78. The second-order valence-electron chi connectivity index (χ2n) is 6.13. The van der Waals surface area contributed by atoms with Gasteiger partial charge >= 0.3 is 0 Å². The van der Waals surface area contributed by atoms with Gasteiger partial charge in [0, 0.05) is 13.1 Å². The molecule has 1 aromatic carbocycles. The molecule has 2 N–H and O–H groups in total. The van der Waals surface area contributed by atoms with E-state index in [0.717, 1.165) is 25.9 Å². The summed E-state index contributed by atoms with van der Waals surface area (Å²) in [6.45, 7) is 1.69. The highest BCUT2D eigenvalue weighted by atomic mass is 35.5. The third kappa shape index (κ3) is 3.09. The fourth-order valence-corrected chi connectivity index (χ4v) is 2.82. The normalized spacial score (nSPS) is 17.9. The van der Waals surface area contributed by atoms with Crippen LogP contribution in [0, 0.1) is 0 Å². The molecule has 0 unspecified atom stereocenters.